The van der Waals surface area contributed by atoms with Crippen molar-refractivity contribution in [1.29, 1.82) is 0 Å². The molecule has 0 unspecified atom stereocenters. The molecule has 0 aliphatic rings. The third-order valence-electron chi connectivity index (χ3n) is 4.64. The molecule has 2 aromatic heterocycles. The zero-order chi connectivity index (χ0) is 23.3. The van der Waals surface area contributed by atoms with Gasteiger partial charge in [0.1, 0.15) is 5.82 Å². The molecule has 0 radical (unpaired) electrons. The molecular formula is C23H32N6O2S2. The largest absolute Gasteiger partial charge is 0.380 e. The van der Waals surface area contributed by atoms with Crippen LogP contribution in [-0.2, 0) is 21.8 Å². The molecule has 0 saturated carbocycles. The Labute approximate surface area is 203 Å². The van der Waals surface area contributed by atoms with Crippen molar-refractivity contribution in [3.05, 3.63) is 42.1 Å². The van der Waals surface area contributed by atoms with Crippen LogP contribution in [0, 0.1) is 0 Å². The lowest BCUT2D eigenvalue weighted by Gasteiger charge is -2.10. The molecule has 33 heavy (non-hydrogen) atoms. The predicted octanol–water partition coefficient (Wildman–Crippen LogP) is 3.83. The van der Waals surface area contributed by atoms with Gasteiger partial charge in [-0.25, -0.2) is 14.6 Å². The lowest BCUT2D eigenvalue weighted by molar-refractivity contribution is -0.118. The molecule has 1 aromatic carbocycles. The minimum Gasteiger partial charge on any atom is -0.380 e. The van der Waals surface area contributed by atoms with Crippen LogP contribution in [0.15, 0.2) is 41.7 Å². The molecule has 0 bridgehead atoms. The highest BCUT2D eigenvalue weighted by atomic mass is 32.2. The Balaban J connectivity index is 1.56. The summed E-state index contributed by atoms with van der Waals surface area (Å²) in [6.07, 6.45) is 2.83. The molecule has 2 heterocycles. The van der Waals surface area contributed by atoms with E-state index < -0.39 is 0 Å². The van der Waals surface area contributed by atoms with Gasteiger partial charge in [0, 0.05) is 31.2 Å². The van der Waals surface area contributed by atoms with Crippen molar-refractivity contribution >= 4 is 46.3 Å². The van der Waals surface area contributed by atoms with E-state index in [1.54, 1.807) is 29.7 Å². The highest BCUT2D eigenvalue weighted by Crippen LogP contribution is 2.24. The van der Waals surface area contributed by atoms with Gasteiger partial charge in [-0.2, -0.15) is 5.10 Å². The molecule has 178 valence electrons. The highest BCUT2D eigenvalue weighted by molar-refractivity contribution is 7.99. The van der Waals surface area contributed by atoms with Crippen molar-refractivity contribution in [2.24, 2.45) is 0 Å². The predicted molar refractivity (Wildman–Crippen MR) is 137 cm³/mol. The van der Waals surface area contributed by atoms with Crippen LogP contribution < -0.4 is 10.6 Å². The summed E-state index contributed by atoms with van der Waals surface area (Å²) >= 11 is 3.25. The molecule has 2 N–H and O–H groups in total. The maximum atomic E-state index is 12.2. The summed E-state index contributed by atoms with van der Waals surface area (Å²) in [5.74, 6) is 3.01. The quantitative estimate of drug-likeness (QED) is 0.189. The molecular weight excluding hydrogens is 456 g/mol. The van der Waals surface area contributed by atoms with Gasteiger partial charge >= 0.3 is 0 Å². The second-order valence-corrected chi connectivity index (χ2v) is 9.31. The number of ether oxygens (including phenoxy) is 1. The van der Waals surface area contributed by atoms with Crippen LogP contribution in [-0.4, -0.2) is 63.5 Å². The zero-order valence-electron chi connectivity index (χ0n) is 19.2. The molecule has 3 aromatic rings. The summed E-state index contributed by atoms with van der Waals surface area (Å²) in [5.41, 5.74) is 2.00. The number of nitrogens with zero attached hydrogens (tertiary/aromatic N) is 4. The van der Waals surface area contributed by atoms with Gasteiger partial charge in [-0.3, -0.25) is 4.79 Å². The minimum atomic E-state index is 0.0273. The average Bonchev–Trinajstić information content (AvgIpc) is 3.24. The van der Waals surface area contributed by atoms with Gasteiger partial charge in [0.2, 0.25) is 5.91 Å². The Bertz CT molecular complexity index is 999. The number of benzene rings is 1. The zero-order valence-corrected chi connectivity index (χ0v) is 20.9. The van der Waals surface area contributed by atoms with E-state index in [4.69, 9.17) is 9.72 Å². The molecule has 0 aliphatic heterocycles. The van der Waals surface area contributed by atoms with Gasteiger partial charge in [0.05, 0.1) is 30.5 Å². The fourth-order valence-corrected chi connectivity index (χ4v) is 4.58. The first-order valence-corrected chi connectivity index (χ1v) is 13.4. The minimum absolute atomic E-state index is 0.0273. The molecule has 0 aliphatic carbocycles. The molecule has 0 fully saturated rings. The van der Waals surface area contributed by atoms with Crippen LogP contribution in [0.4, 0.5) is 5.82 Å². The summed E-state index contributed by atoms with van der Waals surface area (Å²) in [6, 6.07) is 10.2. The van der Waals surface area contributed by atoms with Gasteiger partial charge in [-0.1, -0.05) is 49.0 Å². The number of carbonyl (C=O) groups excluding carboxylic acids is 1. The highest BCUT2D eigenvalue weighted by Gasteiger charge is 2.13. The van der Waals surface area contributed by atoms with Crippen LogP contribution in [0.25, 0.3) is 11.0 Å². The summed E-state index contributed by atoms with van der Waals surface area (Å²) in [5, 5.41) is 12.4. The van der Waals surface area contributed by atoms with E-state index in [-0.39, 0.29) is 5.91 Å². The normalized spacial score (nSPS) is 11.1. The number of fused-ring (bicyclic) bond motifs is 1. The fourth-order valence-electron chi connectivity index (χ4n) is 3.07. The van der Waals surface area contributed by atoms with Crippen LogP contribution >= 0.6 is 23.5 Å². The summed E-state index contributed by atoms with van der Waals surface area (Å²) in [7, 11) is 0. The van der Waals surface area contributed by atoms with Gasteiger partial charge in [-0.15, -0.1) is 11.8 Å². The van der Waals surface area contributed by atoms with Gasteiger partial charge in [-0.05, 0) is 18.9 Å². The number of rotatable bonds is 15. The van der Waals surface area contributed by atoms with E-state index in [0.29, 0.717) is 38.6 Å². The number of amides is 1. The molecule has 3 rings (SSSR count). The van der Waals surface area contributed by atoms with Crippen molar-refractivity contribution in [1.82, 2.24) is 25.1 Å². The van der Waals surface area contributed by atoms with E-state index in [0.717, 1.165) is 39.9 Å². The van der Waals surface area contributed by atoms with Gasteiger partial charge in [0.15, 0.2) is 10.8 Å². The first kappa shape index (κ1) is 25.3. The smallest absolute Gasteiger partial charge is 0.230 e. The fraction of sp³-hybridized carbons (Fsp3) is 0.478. The number of aromatic nitrogens is 4. The van der Waals surface area contributed by atoms with Crippen molar-refractivity contribution in [2.45, 2.75) is 37.7 Å². The third-order valence-corrected chi connectivity index (χ3v) is 6.70. The van der Waals surface area contributed by atoms with Crippen LogP contribution in [0.2, 0.25) is 0 Å². The monoisotopic (exact) mass is 488 g/mol. The number of hydrogen-bond acceptors (Lipinski definition) is 8. The topological polar surface area (TPSA) is 94.0 Å². The van der Waals surface area contributed by atoms with E-state index >= 15 is 0 Å². The number of anilines is 1. The maximum Gasteiger partial charge on any atom is 0.230 e. The maximum absolute atomic E-state index is 12.2. The molecule has 10 heteroatoms. The lowest BCUT2D eigenvalue weighted by atomic mass is 10.2. The molecule has 0 atom stereocenters. The number of carbonyl (C=O) groups is 1. The molecule has 0 spiro atoms. The SMILES string of the molecule is CCCSc1nc(NCCOCC)c2cnn(CCNC(=O)CSCc3ccccc3)c2n1. The first-order chi connectivity index (χ1) is 16.2. The van der Waals surface area contributed by atoms with E-state index in [2.05, 4.69) is 39.8 Å². The van der Waals surface area contributed by atoms with Crippen molar-refractivity contribution in [3.63, 3.8) is 0 Å². The second-order valence-electron chi connectivity index (χ2n) is 7.26. The van der Waals surface area contributed by atoms with Crippen molar-refractivity contribution in [2.75, 3.05) is 43.1 Å². The van der Waals surface area contributed by atoms with Gasteiger partial charge in [0.25, 0.3) is 0 Å². The van der Waals surface area contributed by atoms with E-state index in [1.165, 1.54) is 5.56 Å². The summed E-state index contributed by atoms with van der Waals surface area (Å²) < 4.78 is 7.25. The Morgan fingerprint density at radius 2 is 2.00 bits per heavy atom. The number of hydrogen-bond donors (Lipinski definition) is 2. The van der Waals surface area contributed by atoms with E-state index in [1.807, 2.05) is 29.8 Å². The summed E-state index contributed by atoms with van der Waals surface area (Å²) in [6.45, 7) is 7.13. The van der Waals surface area contributed by atoms with E-state index in [9.17, 15) is 4.79 Å². The Hall–Kier alpha value is -2.30. The first-order valence-electron chi connectivity index (χ1n) is 11.3. The molecule has 8 nitrogen and oxygen atoms in total. The number of nitrogens with one attached hydrogen (secondary N) is 2. The van der Waals surface area contributed by atoms with Crippen molar-refractivity contribution in [3.8, 4) is 0 Å². The van der Waals surface area contributed by atoms with Gasteiger partial charge < -0.3 is 15.4 Å². The standard InChI is InChI=1S/C23H32N6O2S2/c1-3-14-33-23-27-21(25-11-13-31-4-2)19-15-26-29(22(19)28-23)12-10-24-20(30)17-32-16-18-8-6-5-7-9-18/h5-9,15H,3-4,10-14,16-17H2,1-2H3,(H,24,30)(H,25,27,28). The Morgan fingerprint density at radius 1 is 1.15 bits per heavy atom. The van der Waals surface area contributed by atoms with Crippen LogP contribution in [0.5, 0.6) is 0 Å². The third kappa shape index (κ3) is 8.21. The molecule has 0 saturated heterocycles. The Kier molecular flexibility index (Phi) is 10.8. The lowest BCUT2D eigenvalue weighted by Crippen LogP contribution is -2.29. The van der Waals surface area contributed by atoms with Crippen LogP contribution in [0.1, 0.15) is 25.8 Å². The summed E-state index contributed by atoms with van der Waals surface area (Å²) in [4.78, 5) is 21.6. The van der Waals surface area contributed by atoms with Crippen LogP contribution in [0.3, 0.4) is 0 Å². The number of thioether (sulfide) groups is 2. The average molecular weight is 489 g/mol. The Morgan fingerprint density at radius 3 is 2.79 bits per heavy atom. The second kappa shape index (κ2) is 14.1. The van der Waals surface area contributed by atoms with Crippen molar-refractivity contribution < 1.29 is 9.53 Å². The molecule has 1 amide bonds.